The number of thioether (sulfide) groups is 1. The number of imide groups is 3. The summed E-state index contributed by atoms with van der Waals surface area (Å²) in [5.41, 5.74) is -13.5. The van der Waals surface area contributed by atoms with E-state index in [9.17, 15) is 41.9 Å². The van der Waals surface area contributed by atoms with Crippen molar-refractivity contribution in [2.75, 3.05) is 4.90 Å². The molecule has 3 aliphatic rings. The molecule has 2 unspecified atom stereocenters. The van der Waals surface area contributed by atoms with Gasteiger partial charge >= 0.3 is 18.5 Å². The second-order valence-corrected chi connectivity index (χ2v) is 16.2. The van der Waals surface area contributed by atoms with E-state index in [1.807, 2.05) is 0 Å². The summed E-state index contributed by atoms with van der Waals surface area (Å²) in [6, 6.07) is 2.72. The standard InChI is InChI=1S/C42H32F9N3O6S/c1-8-25-26(9-2)34(56)53(33(25)55)21(7)61-20(6)29-16-24(40(43,44)45)17-32(19(29)5)54-36(58)28-13-11-23(15-31(28)38(54)60)39(41(46,47)48,42(49,50)51)22-10-12-27-30(14-22)37(59)52(18(3)4)35(27)57/h8-18,20-21H,1-2H2,3-7H3. The molecule has 6 rings (SSSR count). The maximum absolute atomic E-state index is 15.3. The van der Waals surface area contributed by atoms with Crippen molar-refractivity contribution in [1.29, 1.82) is 0 Å². The summed E-state index contributed by atoms with van der Waals surface area (Å²) in [6.45, 7) is 13.9. The zero-order valence-corrected chi connectivity index (χ0v) is 33.3. The van der Waals surface area contributed by atoms with E-state index in [0.29, 0.717) is 47.4 Å². The first-order valence-electron chi connectivity index (χ1n) is 18.1. The van der Waals surface area contributed by atoms with Crippen LogP contribution in [-0.4, -0.2) is 69.0 Å². The number of hydrogen-bond donors (Lipinski definition) is 0. The molecule has 0 fully saturated rings. The lowest BCUT2D eigenvalue weighted by Gasteiger charge is -2.38. The van der Waals surface area contributed by atoms with Gasteiger partial charge in [0, 0.05) is 11.3 Å². The van der Waals surface area contributed by atoms with Crippen LogP contribution in [0.1, 0.15) is 102 Å². The second-order valence-electron chi connectivity index (χ2n) is 14.6. The van der Waals surface area contributed by atoms with Gasteiger partial charge in [-0.1, -0.05) is 37.4 Å². The Kier molecular flexibility index (Phi) is 10.9. The van der Waals surface area contributed by atoms with Gasteiger partial charge in [-0.05, 0) is 93.3 Å². The fourth-order valence-electron chi connectivity index (χ4n) is 7.91. The molecule has 3 heterocycles. The Morgan fingerprint density at radius 1 is 0.574 bits per heavy atom. The molecular weight excluding hydrogens is 846 g/mol. The minimum Gasteiger partial charge on any atom is -0.272 e. The van der Waals surface area contributed by atoms with Crippen molar-refractivity contribution in [1.82, 2.24) is 9.80 Å². The van der Waals surface area contributed by atoms with Crippen LogP contribution in [0, 0.1) is 6.92 Å². The largest absolute Gasteiger partial charge is 0.416 e. The van der Waals surface area contributed by atoms with Crippen molar-refractivity contribution >= 4 is 52.9 Å². The average Bonchev–Trinajstić information content (AvgIpc) is 3.66. The molecule has 0 bridgehead atoms. The van der Waals surface area contributed by atoms with Gasteiger partial charge in [-0.15, -0.1) is 11.8 Å². The van der Waals surface area contributed by atoms with E-state index in [1.165, 1.54) is 34.6 Å². The van der Waals surface area contributed by atoms with E-state index in [1.54, 1.807) is 0 Å². The molecule has 3 aromatic carbocycles. The molecule has 6 amide bonds. The van der Waals surface area contributed by atoms with Gasteiger partial charge in [0.25, 0.3) is 35.4 Å². The smallest absolute Gasteiger partial charge is 0.272 e. The van der Waals surface area contributed by atoms with Gasteiger partial charge in [0.1, 0.15) is 0 Å². The van der Waals surface area contributed by atoms with Gasteiger partial charge in [0.05, 0.1) is 50.0 Å². The number of benzene rings is 3. The Hall–Kier alpha value is -5.98. The van der Waals surface area contributed by atoms with Crippen LogP contribution in [0.3, 0.4) is 0 Å². The van der Waals surface area contributed by atoms with Crippen molar-refractivity contribution in [3.05, 3.63) is 135 Å². The van der Waals surface area contributed by atoms with Crippen LogP contribution in [0.15, 0.2) is 85.0 Å². The molecule has 61 heavy (non-hydrogen) atoms. The molecule has 0 saturated heterocycles. The van der Waals surface area contributed by atoms with Gasteiger partial charge in [0.15, 0.2) is 0 Å². The normalized spacial score (nSPS) is 17.3. The van der Waals surface area contributed by atoms with E-state index >= 15 is 26.3 Å². The number of fused-ring (bicyclic) bond motifs is 2. The molecule has 2 atom stereocenters. The monoisotopic (exact) mass is 877 g/mol. The van der Waals surface area contributed by atoms with Crippen LogP contribution in [0.4, 0.5) is 45.2 Å². The highest BCUT2D eigenvalue weighted by atomic mass is 32.2. The molecule has 9 nitrogen and oxygen atoms in total. The average molecular weight is 878 g/mol. The number of hydrogen-bond acceptors (Lipinski definition) is 7. The van der Waals surface area contributed by atoms with Crippen LogP contribution in [0.25, 0.3) is 0 Å². The number of carbonyl (C=O) groups is 6. The van der Waals surface area contributed by atoms with Crippen molar-refractivity contribution < 1.29 is 68.3 Å². The lowest BCUT2D eigenvalue weighted by Crippen LogP contribution is -2.55. The van der Waals surface area contributed by atoms with Crippen LogP contribution in [0.2, 0.25) is 0 Å². The summed E-state index contributed by atoms with van der Waals surface area (Å²) in [5.74, 6) is -6.48. The van der Waals surface area contributed by atoms with E-state index < -0.39 is 121 Å². The predicted octanol–water partition coefficient (Wildman–Crippen LogP) is 9.41. The molecule has 3 aromatic rings. The minimum absolute atomic E-state index is 0.0500. The minimum atomic E-state index is -6.25. The number of anilines is 1. The number of halogens is 9. The fraction of sp³-hybridized carbons (Fsp3) is 0.286. The molecule has 3 aliphatic heterocycles. The van der Waals surface area contributed by atoms with Gasteiger partial charge in [-0.25, -0.2) is 4.90 Å². The molecule has 0 N–H and O–H groups in total. The van der Waals surface area contributed by atoms with Crippen LogP contribution in [0.5, 0.6) is 0 Å². The molecule has 0 saturated carbocycles. The zero-order chi connectivity index (χ0) is 45.6. The summed E-state index contributed by atoms with van der Waals surface area (Å²) >= 11 is 0.850. The van der Waals surface area contributed by atoms with Crippen LogP contribution >= 0.6 is 11.8 Å². The summed E-state index contributed by atoms with van der Waals surface area (Å²) < 4.78 is 135. The van der Waals surface area contributed by atoms with Crippen LogP contribution in [-0.2, 0) is 21.2 Å². The Bertz CT molecular complexity index is 2500. The van der Waals surface area contributed by atoms with Gasteiger partial charge in [0.2, 0.25) is 5.41 Å². The lowest BCUT2D eigenvalue weighted by molar-refractivity contribution is -0.288. The highest BCUT2D eigenvalue weighted by molar-refractivity contribution is 8.00. The summed E-state index contributed by atoms with van der Waals surface area (Å²) in [7, 11) is 0. The molecule has 0 aromatic heterocycles. The number of carbonyl (C=O) groups excluding carboxylic acids is 6. The molecule has 0 radical (unpaired) electrons. The predicted molar refractivity (Wildman–Crippen MR) is 203 cm³/mol. The zero-order valence-electron chi connectivity index (χ0n) is 32.5. The van der Waals surface area contributed by atoms with Crippen LogP contribution < -0.4 is 4.90 Å². The van der Waals surface area contributed by atoms with Gasteiger partial charge in [-0.2, -0.15) is 39.5 Å². The molecule has 0 aliphatic carbocycles. The summed E-state index contributed by atoms with van der Waals surface area (Å²) in [5, 5.41) is -2.03. The summed E-state index contributed by atoms with van der Waals surface area (Å²) in [6.07, 6.45) is -15.3. The number of alkyl halides is 9. The first kappa shape index (κ1) is 44.6. The highest BCUT2D eigenvalue weighted by Gasteiger charge is 2.73. The first-order chi connectivity index (χ1) is 28.2. The first-order valence-corrected chi connectivity index (χ1v) is 19.0. The van der Waals surface area contributed by atoms with Crippen molar-refractivity contribution in [3.63, 3.8) is 0 Å². The Balaban J connectivity index is 1.45. The van der Waals surface area contributed by atoms with E-state index in [2.05, 4.69) is 13.2 Å². The van der Waals surface area contributed by atoms with Gasteiger partial charge < -0.3 is 0 Å². The van der Waals surface area contributed by atoms with Crippen molar-refractivity contribution in [2.24, 2.45) is 0 Å². The van der Waals surface area contributed by atoms with E-state index in [4.69, 9.17) is 0 Å². The maximum Gasteiger partial charge on any atom is 0.416 e. The second kappa shape index (κ2) is 14.9. The maximum atomic E-state index is 15.3. The summed E-state index contributed by atoms with van der Waals surface area (Å²) in [4.78, 5) is 81.6. The fourth-order valence-corrected chi connectivity index (χ4v) is 9.21. The Labute approximate surface area is 345 Å². The highest BCUT2D eigenvalue weighted by Crippen LogP contribution is 2.57. The Morgan fingerprint density at radius 3 is 1.46 bits per heavy atom. The Morgan fingerprint density at radius 2 is 1.02 bits per heavy atom. The quantitative estimate of drug-likeness (QED) is 0.147. The van der Waals surface area contributed by atoms with Crippen molar-refractivity contribution in [3.8, 4) is 0 Å². The third-order valence-corrected chi connectivity index (χ3v) is 12.1. The van der Waals surface area contributed by atoms with Gasteiger partial charge in [-0.3, -0.25) is 38.6 Å². The SMILES string of the molecule is C=CC1=C(C=C)C(=O)N(C(C)SC(C)c2cc(C(F)(F)F)cc(N3C(=O)c4ccc(C(c5ccc6c(c5)C(=O)N(C(C)C)C6=O)(C(F)(F)F)C(F)(F)F)cc4C3=O)c2C)C1=O. The number of rotatable bonds is 10. The topological polar surface area (TPSA) is 112 Å². The third kappa shape index (κ3) is 6.67. The lowest BCUT2D eigenvalue weighted by atomic mass is 9.71. The third-order valence-electron chi connectivity index (χ3n) is 10.8. The number of amides is 6. The van der Waals surface area contributed by atoms with Crippen molar-refractivity contribution in [2.45, 2.75) is 75.2 Å². The van der Waals surface area contributed by atoms with E-state index in [-0.39, 0.29) is 33.2 Å². The molecule has 320 valence electrons. The number of nitrogens with zero attached hydrogens (tertiary/aromatic N) is 3. The molecular formula is C42H32F9N3O6S. The molecule has 19 heteroatoms. The molecule has 0 spiro atoms. The van der Waals surface area contributed by atoms with E-state index in [0.717, 1.165) is 28.8 Å².